The van der Waals surface area contributed by atoms with E-state index in [0.717, 1.165) is 11.4 Å². The molecule has 0 spiro atoms. The SMILES string of the molecule is CN(C)CC(C)(C)CNS(=O)(=O)c1ccc(CN)s1. The van der Waals surface area contributed by atoms with Crippen LogP contribution in [0.1, 0.15) is 18.7 Å². The standard InChI is InChI=1S/C12H23N3O2S2/c1-12(2,9-15(3)4)8-14-19(16,17)11-6-5-10(7-13)18-11/h5-6,14H,7-9,13H2,1-4H3. The molecule has 7 heteroatoms. The summed E-state index contributed by atoms with van der Waals surface area (Å²) in [5, 5.41) is 0. The average Bonchev–Trinajstić information content (AvgIpc) is 2.74. The van der Waals surface area contributed by atoms with E-state index < -0.39 is 10.0 Å². The van der Waals surface area contributed by atoms with Crippen molar-refractivity contribution in [2.45, 2.75) is 24.6 Å². The maximum atomic E-state index is 12.1. The average molecular weight is 305 g/mol. The monoisotopic (exact) mass is 305 g/mol. The van der Waals surface area contributed by atoms with E-state index in [1.54, 1.807) is 12.1 Å². The summed E-state index contributed by atoms with van der Waals surface area (Å²) < 4.78 is 27.3. The van der Waals surface area contributed by atoms with Crippen LogP contribution in [0, 0.1) is 5.41 Å². The Kier molecular flexibility index (Phi) is 5.52. The van der Waals surface area contributed by atoms with Gasteiger partial charge in [-0.2, -0.15) is 0 Å². The molecule has 0 aliphatic rings. The van der Waals surface area contributed by atoms with Gasteiger partial charge in [-0.05, 0) is 31.6 Å². The Bertz CT molecular complexity index is 507. The number of sulfonamides is 1. The Morgan fingerprint density at radius 3 is 2.47 bits per heavy atom. The van der Waals surface area contributed by atoms with E-state index in [4.69, 9.17) is 5.73 Å². The first-order valence-corrected chi connectivity index (χ1v) is 8.39. The second-order valence-electron chi connectivity index (χ2n) is 5.65. The zero-order valence-corrected chi connectivity index (χ0v) is 13.6. The molecule has 110 valence electrons. The Morgan fingerprint density at radius 2 is 2.00 bits per heavy atom. The van der Waals surface area contributed by atoms with Crippen LogP contribution in [0.4, 0.5) is 0 Å². The fourth-order valence-electron chi connectivity index (χ4n) is 1.89. The summed E-state index contributed by atoms with van der Waals surface area (Å²) in [5.74, 6) is 0. The minimum Gasteiger partial charge on any atom is -0.326 e. The highest BCUT2D eigenvalue weighted by Crippen LogP contribution is 2.22. The number of thiophene rings is 1. The fraction of sp³-hybridized carbons (Fsp3) is 0.667. The van der Waals surface area contributed by atoms with Crippen molar-refractivity contribution < 1.29 is 8.42 Å². The minimum absolute atomic E-state index is 0.121. The van der Waals surface area contributed by atoms with E-state index in [-0.39, 0.29) is 5.41 Å². The third-order valence-corrected chi connectivity index (χ3v) is 5.59. The van der Waals surface area contributed by atoms with Crippen LogP contribution >= 0.6 is 11.3 Å². The summed E-state index contributed by atoms with van der Waals surface area (Å²) in [6, 6.07) is 3.36. The van der Waals surface area contributed by atoms with Crippen molar-refractivity contribution in [3.63, 3.8) is 0 Å². The number of nitrogens with two attached hydrogens (primary N) is 1. The van der Waals surface area contributed by atoms with Crippen LogP contribution < -0.4 is 10.5 Å². The molecule has 0 aromatic carbocycles. The second-order valence-corrected chi connectivity index (χ2v) is 8.81. The number of hydrogen-bond acceptors (Lipinski definition) is 5. The van der Waals surface area contributed by atoms with Gasteiger partial charge in [0.1, 0.15) is 4.21 Å². The number of nitrogens with zero attached hydrogens (tertiary/aromatic N) is 1. The number of hydrogen-bond donors (Lipinski definition) is 2. The Labute approximate surface area is 119 Å². The molecule has 0 radical (unpaired) electrons. The third-order valence-electron chi connectivity index (χ3n) is 2.59. The molecule has 0 aliphatic heterocycles. The van der Waals surface area contributed by atoms with Crippen molar-refractivity contribution in [1.29, 1.82) is 0 Å². The zero-order valence-electron chi connectivity index (χ0n) is 11.9. The van der Waals surface area contributed by atoms with Crippen molar-refractivity contribution in [3.8, 4) is 0 Å². The maximum Gasteiger partial charge on any atom is 0.250 e. The minimum atomic E-state index is -3.42. The van der Waals surface area contributed by atoms with E-state index in [0.29, 0.717) is 17.3 Å². The van der Waals surface area contributed by atoms with Crippen LogP contribution in [-0.2, 0) is 16.6 Å². The summed E-state index contributed by atoms with van der Waals surface area (Å²) >= 11 is 1.22. The topological polar surface area (TPSA) is 75.4 Å². The lowest BCUT2D eigenvalue weighted by atomic mass is 9.93. The summed E-state index contributed by atoms with van der Waals surface area (Å²) in [7, 11) is 0.526. The highest BCUT2D eigenvalue weighted by molar-refractivity contribution is 7.91. The normalized spacial score (nSPS) is 13.2. The molecule has 1 aromatic rings. The lowest BCUT2D eigenvalue weighted by molar-refractivity contribution is 0.242. The van der Waals surface area contributed by atoms with E-state index >= 15 is 0 Å². The quantitative estimate of drug-likeness (QED) is 0.790. The van der Waals surface area contributed by atoms with E-state index in [9.17, 15) is 8.42 Å². The molecule has 19 heavy (non-hydrogen) atoms. The summed E-state index contributed by atoms with van der Waals surface area (Å²) in [6.07, 6.45) is 0. The summed E-state index contributed by atoms with van der Waals surface area (Å²) in [6.45, 7) is 5.66. The molecule has 1 aromatic heterocycles. The molecule has 3 N–H and O–H groups in total. The number of rotatable bonds is 7. The largest absolute Gasteiger partial charge is 0.326 e. The third kappa shape index (κ3) is 5.19. The Hall–Kier alpha value is -0.470. The zero-order chi connectivity index (χ0) is 14.7. The van der Waals surface area contributed by atoms with Gasteiger partial charge in [0, 0.05) is 24.5 Å². The van der Waals surface area contributed by atoms with Gasteiger partial charge < -0.3 is 10.6 Å². The highest BCUT2D eigenvalue weighted by Gasteiger charge is 2.23. The molecule has 0 unspecified atom stereocenters. The Morgan fingerprint density at radius 1 is 1.37 bits per heavy atom. The van der Waals surface area contributed by atoms with Crippen molar-refractivity contribution in [2.24, 2.45) is 11.1 Å². The summed E-state index contributed by atoms with van der Waals surface area (Å²) in [4.78, 5) is 2.92. The van der Waals surface area contributed by atoms with Gasteiger partial charge in [0.2, 0.25) is 10.0 Å². The van der Waals surface area contributed by atoms with Crippen molar-refractivity contribution in [2.75, 3.05) is 27.2 Å². The predicted molar refractivity (Wildman–Crippen MR) is 79.7 cm³/mol. The molecular formula is C12H23N3O2S2. The van der Waals surface area contributed by atoms with Crippen molar-refractivity contribution in [3.05, 3.63) is 17.0 Å². The fourth-order valence-corrected chi connectivity index (χ4v) is 4.41. The van der Waals surface area contributed by atoms with Crippen molar-refractivity contribution >= 4 is 21.4 Å². The van der Waals surface area contributed by atoms with E-state index in [1.165, 1.54) is 11.3 Å². The van der Waals surface area contributed by atoms with Crippen LogP contribution in [0.25, 0.3) is 0 Å². The van der Waals surface area contributed by atoms with Crippen molar-refractivity contribution in [1.82, 2.24) is 9.62 Å². The van der Waals surface area contributed by atoms with E-state index in [1.807, 2.05) is 32.8 Å². The van der Waals surface area contributed by atoms with Gasteiger partial charge in [-0.25, -0.2) is 13.1 Å². The van der Waals surface area contributed by atoms with Gasteiger partial charge in [-0.1, -0.05) is 13.8 Å². The molecule has 1 rings (SSSR count). The molecule has 0 aliphatic carbocycles. The molecule has 0 amide bonds. The molecule has 0 saturated heterocycles. The Balaban J connectivity index is 2.70. The van der Waals surface area contributed by atoms with Crippen LogP contribution in [0.2, 0.25) is 0 Å². The predicted octanol–water partition coefficient (Wildman–Crippen LogP) is 1.07. The van der Waals surface area contributed by atoms with Gasteiger partial charge in [0.15, 0.2) is 0 Å². The molecule has 0 bridgehead atoms. The molecule has 0 atom stereocenters. The van der Waals surface area contributed by atoms with Crippen LogP contribution in [0.3, 0.4) is 0 Å². The molecule has 5 nitrogen and oxygen atoms in total. The lowest BCUT2D eigenvalue weighted by Gasteiger charge is -2.28. The summed E-state index contributed by atoms with van der Waals surface area (Å²) in [5.41, 5.74) is 5.37. The highest BCUT2D eigenvalue weighted by atomic mass is 32.2. The first-order valence-electron chi connectivity index (χ1n) is 6.09. The number of nitrogens with one attached hydrogen (secondary N) is 1. The van der Waals surface area contributed by atoms with Gasteiger partial charge in [0.05, 0.1) is 0 Å². The van der Waals surface area contributed by atoms with Gasteiger partial charge >= 0.3 is 0 Å². The first kappa shape index (κ1) is 16.6. The smallest absolute Gasteiger partial charge is 0.250 e. The molecule has 0 saturated carbocycles. The van der Waals surface area contributed by atoms with Gasteiger partial charge in [-0.3, -0.25) is 0 Å². The molecule has 0 fully saturated rings. The van der Waals surface area contributed by atoms with Crippen LogP contribution in [0.15, 0.2) is 16.3 Å². The second kappa shape index (κ2) is 6.32. The lowest BCUT2D eigenvalue weighted by Crippen LogP contribution is -2.39. The van der Waals surface area contributed by atoms with Gasteiger partial charge in [0.25, 0.3) is 0 Å². The van der Waals surface area contributed by atoms with E-state index in [2.05, 4.69) is 4.72 Å². The molecular weight excluding hydrogens is 282 g/mol. The molecule has 1 heterocycles. The first-order chi connectivity index (χ1) is 8.66. The van der Waals surface area contributed by atoms with Crippen LogP contribution in [-0.4, -0.2) is 40.5 Å². The van der Waals surface area contributed by atoms with Gasteiger partial charge in [-0.15, -0.1) is 11.3 Å². The van der Waals surface area contributed by atoms with Crippen LogP contribution in [0.5, 0.6) is 0 Å². The maximum absolute atomic E-state index is 12.1.